The number of hydrogen-bond acceptors (Lipinski definition) is 5. The SMILES string of the molecule is C[C@@H]1CN(Cc2ccccc2CNC(=O)[C@@H](C)NC(=O)c2ccoc2)C[C@H](C)O1. The Hall–Kier alpha value is -2.64. The third kappa shape index (κ3) is 5.92. The standard InChI is InChI=1S/C22H29N3O4/c1-15-11-25(12-16(2)29-15)13-19-7-5-4-6-18(19)10-23-21(26)17(3)24-22(27)20-8-9-28-14-20/h4-9,14-17H,10-13H2,1-3H3,(H,23,26)(H,24,27)/t15-,16+,17-/m1/s1. The Bertz CT molecular complexity index is 811. The molecule has 0 unspecified atom stereocenters. The summed E-state index contributed by atoms with van der Waals surface area (Å²) in [6.07, 6.45) is 3.20. The van der Waals surface area contributed by atoms with E-state index in [9.17, 15) is 9.59 Å². The molecule has 0 radical (unpaired) electrons. The summed E-state index contributed by atoms with van der Waals surface area (Å²) in [7, 11) is 0. The van der Waals surface area contributed by atoms with Crippen LogP contribution in [0.5, 0.6) is 0 Å². The van der Waals surface area contributed by atoms with Gasteiger partial charge in [0, 0.05) is 26.2 Å². The quantitative estimate of drug-likeness (QED) is 0.747. The van der Waals surface area contributed by atoms with Gasteiger partial charge in [0.25, 0.3) is 5.91 Å². The molecule has 7 heteroatoms. The molecule has 7 nitrogen and oxygen atoms in total. The van der Waals surface area contributed by atoms with Crippen LogP contribution in [-0.4, -0.2) is 48.1 Å². The molecule has 3 atom stereocenters. The zero-order chi connectivity index (χ0) is 20.8. The lowest BCUT2D eigenvalue weighted by Gasteiger charge is -2.35. The van der Waals surface area contributed by atoms with Gasteiger partial charge >= 0.3 is 0 Å². The van der Waals surface area contributed by atoms with Crippen LogP contribution in [0.1, 0.15) is 42.3 Å². The van der Waals surface area contributed by atoms with Gasteiger partial charge in [-0.1, -0.05) is 24.3 Å². The Morgan fingerprint density at radius 2 is 1.83 bits per heavy atom. The average Bonchev–Trinajstić information content (AvgIpc) is 3.21. The number of carbonyl (C=O) groups is 2. The van der Waals surface area contributed by atoms with E-state index in [1.807, 2.05) is 18.2 Å². The topological polar surface area (TPSA) is 83.8 Å². The van der Waals surface area contributed by atoms with Crippen LogP contribution in [0.3, 0.4) is 0 Å². The van der Waals surface area contributed by atoms with E-state index < -0.39 is 6.04 Å². The van der Waals surface area contributed by atoms with Crippen molar-refractivity contribution in [2.75, 3.05) is 13.1 Å². The fourth-order valence-electron chi connectivity index (χ4n) is 3.61. The monoisotopic (exact) mass is 399 g/mol. The van der Waals surface area contributed by atoms with Crippen molar-refractivity contribution in [1.29, 1.82) is 0 Å². The van der Waals surface area contributed by atoms with E-state index in [-0.39, 0.29) is 24.0 Å². The lowest BCUT2D eigenvalue weighted by Crippen LogP contribution is -2.45. The van der Waals surface area contributed by atoms with Crippen molar-refractivity contribution in [3.63, 3.8) is 0 Å². The minimum atomic E-state index is -0.648. The van der Waals surface area contributed by atoms with Gasteiger partial charge in [0.2, 0.25) is 5.91 Å². The molecule has 156 valence electrons. The second-order valence-electron chi connectivity index (χ2n) is 7.65. The Kier molecular flexibility index (Phi) is 7.06. The summed E-state index contributed by atoms with van der Waals surface area (Å²) in [5.74, 6) is -0.567. The van der Waals surface area contributed by atoms with Gasteiger partial charge in [-0.3, -0.25) is 14.5 Å². The number of nitrogens with zero attached hydrogens (tertiary/aromatic N) is 1. The molecule has 1 aromatic carbocycles. The molecule has 1 aromatic heterocycles. The second kappa shape index (κ2) is 9.71. The van der Waals surface area contributed by atoms with E-state index >= 15 is 0 Å². The van der Waals surface area contributed by atoms with Crippen LogP contribution in [0.15, 0.2) is 47.3 Å². The number of carbonyl (C=O) groups excluding carboxylic acids is 2. The van der Waals surface area contributed by atoms with Crippen molar-refractivity contribution in [3.05, 3.63) is 59.5 Å². The van der Waals surface area contributed by atoms with Crippen molar-refractivity contribution in [2.24, 2.45) is 0 Å². The number of nitrogens with one attached hydrogen (secondary N) is 2. The number of rotatable bonds is 7. The molecule has 2 heterocycles. The van der Waals surface area contributed by atoms with Gasteiger partial charge in [-0.15, -0.1) is 0 Å². The molecule has 1 aliphatic rings. The number of furan rings is 1. The highest BCUT2D eigenvalue weighted by molar-refractivity contribution is 5.97. The lowest BCUT2D eigenvalue weighted by molar-refractivity contribution is -0.122. The molecule has 0 spiro atoms. The number of benzene rings is 1. The molecule has 2 N–H and O–H groups in total. The van der Waals surface area contributed by atoms with Crippen LogP contribution in [0.4, 0.5) is 0 Å². The van der Waals surface area contributed by atoms with Crippen molar-refractivity contribution >= 4 is 11.8 Å². The van der Waals surface area contributed by atoms with Crippen LogP contribution in [0.25, 0.3) is 0 Å². The maximum atomic E-state index is 12.4. The Morgan fingerprint density at radius 1 is 1.14 bits per heavy atom. The maximum Gasteiger partial charge on any atom is 0.255 e. The summed E-state index contributed by atoms with van der Waals surface area (Å²) in [6, 6.07) is 9.02. The normalized spacial score (nSPS) is 20.8. The summed E-state index contributed by atoms with van der Waals surface area (Å²) in [4.78, 5) is 26.9. The molecule has 2 aromatic rings. The first-order chi connectivity index (χ1) is 13.9. The fraction of sp³-hybridized carbons (Fsp3) is 0.455. The minimum Gasteiger partial charge on any atom is -0.472 e. The third-order valence-corrected chi connectivity index (χ3v) is 4.98. The highest BCUT2D eigenvalue weighted by Crippen LogP contribution is 2.17. The first-order valence-electron chi connectivity index (χ1n) is 9.97. The molecule has 0 bridgehead atoms. The van der Waals surface area contributed by atoms with E-state index in [1.54, 1.807) is 13.0 Å². The van der Waals surface area contributed by atoms with Gasteiger partial charge in [0.1, 0.15) is 12.3 Å². The molecular weight excluding hydrogens is 370 g/mol. The van der Waals surface area contributed by atoms with Crippen LogP contribution in [0, 0.1) is 0 Å². The molecule has 29 heavy (non-hydrogen) atoms. The molecule has 0 saturated carbocycles. The van der Waals surface area contributed by atoms with Crippen molar-refractivity contribution in [3.8, 4) is 0 Å². The highest BCUT2D eigenvalue weighted by atomic mass is 16.5. The van der Waals surface area contributed by atoms with Gasteiger partial charge in [0.15, 0.2) is 0 Å². The first-order valence-corrected chi connectivity index (χ1v) is 9.97. The van der Waals surface area contributed by atoms with Crippen LogP contribution in [-0.2, 0) is 22.6 Å². The minimum absolute atomic E-state index is 0.213. The van der Waals surface area contributed by atoms with Gasteiger partial charge in [-0.05, 0) is 38.0 Å². The Balaban J connectivity index is 1.55. The molecular formula is C22H29N3O4. The van der Waals surface area contributed by atoms with Gasteiger partial charge < -0.3 is 19.8 Å². The summed E-state index contributed by atoms with van der Waals surface area (Å²) in [6.45, 7) is 8.86. The van der Waals surface area contributed by atoms with Gasteiger partial charge in [-0.2, -0.15) is 0 Å². The fourth-order valence-corrected chi connectivity index (χ4v) is 3.61. The number of morpholine rings is 1. The van der Waals surface area contributed by atoms with E-state index in [1.165, 1.54) is 18.1 Å². The number of hydrogen-bond donors (Lipinski definition) is 2. The molecule has 1 fully saturated rings. The van der Waals surface area contributed by atoms with Crippen molar-refractivity contribution in [1.82, 2.24) is 15.5 Å². The number of ether oxygens (including phenoxy) is 1. The average molecular weight is 399 g/mol. The molecule has 1 aliphatic heterocycles. The van der Waals surface area contributed by atoms with Crippen LogP contribution < -0.4 is 10.6 Å². The zero-order valence-corrected chi connectivity index (χ0v) is 17.2. The number of amides is 2. The largest absolute Gasteiger partial charge is 0.472 e. The molecule has 2 amide bonds. The summed E-state index contributed by atoms with van der Waals surface area (Å²) in [5.41, 5.74) is 2.65. The first kappa shape index (κ1) is 21.1. The van der Waals surface area contributed by atoms with Crippen molar-refractivity contribution < 1.29 is 18.7 Å². The van der Waals surface area contributed by atoms with E-state index in [4.69, 9.17) is 9.15 Å². The molecule has 0 aliphatic carbocycles. The Morgan fingerprint density at radius 3 is 2.48 bits per heavy atom. The predicted molar refractivity (Wildman–Crippen MR) is 109 cm³/mol. The summed E-state index contributed by atoms with van der Waals surface area (Å²) in [5, 5.41) is 5.60. The van der Waals surface area contributed by atoms with Gasteiger partial charge in [0.05, 0.1) is 24.0 Å². The van der Waals surface area contributed by atoms with E-state index in [2.05, 4.69) is 35.4 Å². The van der Waals surface area contributed by atoms with E-state index in [0.717, 1.165) is 25.2 Å². The lowest BCUT2D eigenvalue weighted by atomic mass is 10.1. The predicted octanol–water partition coefficient (Wildman–Crippen LogP) is 2.32. The van der Waals surface area contributed by atoms with Crippen LogP contribution >= 0.6 is 0 Å². The Labute approximate surface area is 171 Å². The summed E-state index contributed by atoms with van der Waals surface area (Å²) >= 11 is 0. The summed E-state index contributed by atoms with van der Waals surface area (Å²) < 4.78 is 10.7. The zero-order valence-electron chi connectivity index (χ0n) is 17.2. The molecule has 1 saturated heterocycles. The van der Waals surface area contributed by atoms with Crippen molar-refractivity contribution in [2.45, 2.75) is 52.1 Å². The second-order valence-corrected chi connectivity index (χ2v) is 7.65. The van der Waals surface area contributed by atoms with E-state index in [0.29, 0.717) is 12.1 Å². The van der Waals surface area contributed by atoms with Gasteiger partial charge in [-0.25, -0.2) is 0 Å². The molecule has 3 rings (SSSR count). The smallest absolute Gasteiger partial charge is 0.255 e. The highest BCUT2D eigenvalue weighted by Gasteiger charge is 2.23. The van der Waals surface area contributed by atoms with Crippen LogP contribution in [0.2, 0.25) is 0 Å². The maximum absolute atomic E-state index is 12.4. The third-order valence-electron chi connectivity index (χ3n) is 4.98.